The molecule has 1 aliphatic carbocycles. The molecule has 7 heteroatoms. The second kappa shape index (κ2) is 6.06. The highest BCUT2D eigenvalue weighted by Crippen LogP contribution is 2.49. The Kier molecular flexibility index (Phi) is 4.11. The maximum atomic E-state index is 12.1. The van der Waals surface area contributed by atoms with E-state index in [9.17, 15) is 9.59 Å². The lowest BCUT2D eigenvalue weighted by Gasteiger charge is -2.33. The first-order chi connectivity index (χ1) is 11.1. The summed E-state index contributed by atoms with van der Waals surface area (Å²) in [5.41, 5.74) is 0.410. The van der Waals surface area contributed by atoms with Crippen molar-refractivity contribution in [1.82, 2.24) is 9.88 Å². The number of carbonyl (C=O) groups is 2. The highest BCUT2D eigenvalue weighted by molar-refractivity contribution is 5.86. The van der Waals surface area contributed by atoms with Gasteiger partial charge >= 0.3 is 12.1 Å². The van der Waals surface area contributed by atoms with Gasteiger partial charge in [-0.25, -0.2) is 9.78 Å². The Morgan fingerprint density at radius 2 is 1.96 bits per heavy atom. The number of rotatable bonds is 4. The maximum absolute atomic E-state index is 12.1. The lowest BCUT2D eigenvalue weighted by atomic mass is 9.98. The molecule has 0 radical (unpaired) electrons. The number of amides is 1. The number of hydrogen-bond acceptors (Lipinski definition) is 5. The van der Waals surface area contributed by atoms with Gasteiger partial charge in [0.2, 0.25) is 0 Å². The van der Waals surface area contributed by atoms with Crippen LogP contribution in [0.5, 0.6) is 0 Å². The van der Waals surface area contributed by atoms with Crippen LogP contribution in [0.2, 0.25) is 0 Å². The van der Waals surface area contributed by atoms with Crippen molar-refractivity contribution < 1.29 is 19.4 Å². The Morgan fingerprint density at radius 1 is 1.26 bits per heavy atom. The standard InChI is InChI=1S/C16H21N3O4/c1-2-23-14(20)16(5-6-16)12-3-4-13(17-11-12)18-7-9-19(10-8-18)15(21)22/h3-4,11H,2,5-10H2,1H3,(H,21,22). The van der Waals surface area contributed by atoms with E-state index in [0.717, 1.165) is 24.2 Å². The Hall–Kier alpha value is -2.31. The zero-order chi connectivity index (χ0) is 16.4. The molecule has 0 atom stereocenters. The van der Waals surface area contributed by atoms with Crippen molar-refractivity contribution in [3.05, 3.63) is 23.9 Å². The van der Waals surface area contributed by atoms with Crippen LogP contribution >= 0.6 is 0 Å². The van der Waals surface area contributed by atoms with Crippen molar-refractivity contribution in [2.75, 3.05) is 37.7 Å². The first kappa shape index (κ1) is 15.6. The number of anilines is 1. The number of carboxylic acid groups (broad SMARTS) is 1. The SMILES string of the molecule is CCOC(=O)C1(c2ccc(N3CCN(C(=O)O)CC3)nc2)CC1. The molecule has 2 aliphatic rings. The monoisotopic (exact) mass is 319 g/mol. The maximum Gasteiger partial charge on any atom is 0.407 e. The van der Waals surface area contributed by atoms with Gasteiger partial charge in [-0.1, -0.05) is 6.07 Å². The largest absolute Gasteiger partial charge is 0.465 e. The molecule has 1 saturated heterocycles. The van der Waals surface area contributed by atoms with Crippen LogP contribution in [0.1, 0.15) is 25.3 Å². The summed E-state index contributed by atoms with van der Waals surface area (Å²) >= 11 is 0. The molecule has 1 aliphatic heterocycles. The van der Waals surface area contributed by atoms with Crippen molar-refractivity contribution in [3.63, 3.8) is 0 Å². The molecular weight excluding hydrogens is 298 g/mol. The molecule has 0 bridgehead atoms. The number of esters is 1. The normalized spacial score (nSPS) is 19.3. The Bertz CT molecular complexity index is 590. The zero-order valence-corrected chi connectivity index (χ0v) is 13.2. The topological polar surface area (TPSA) is 83.0 Å². The van der Waals surface area contributed by atoms with E-state index in [1.165, 1.54) is 4.90 Å². The van der Waals surface area contributed by atoms with E-state index >= 15 is 0 Å². The van der Waals surface area contributed by atoms with Gasteiger partial charge in [0.05, 0.1) is 12.0 Å². The summed E-state index contributed by atoms with van der Waals surface area (Å²) < 4.78 is 5.17. The molecule has 1 saturated carbocycles. The van der Waals surface area contributed by atoms with Gasteiger partial charge in [-0.05, 0) is 31.4 Å². The lowest BCUT2D eigenvalue weighted by molar-refractivity contribution is -0.146. The third-order valence-electron chi connectivity index (χ3n) is 4.59. The van der Waals surface area contributed by atoms with E-state index in [4.69, 9.17) is 9.84 Å². The molecule has 2 heterocycles. The van der Waals surface area contributed by atoms with E-state index in [1.807, 2.05) is 19.1 Å². The molecule has 0 aromatic carbocycles. The summed E-state index contributed by atoms with van der Waals surface area (Å²) in [5.74, 6) is 0.656. The number of pyridine rings is 1. The third-order valence-corrected chi connectivity index (χ3v) is 4.59. The van der Waals surface area contributed by atoms with Crippen LogP contribution in [0.3, 0.4) is 0 Å². The molecule has 1 aromatic heterocycles. The smallest absolute Gasteiger partial charge is 0.407 e. The van der Waals surface area contributed by atoms with E-state index in [2.05, 4.69) is 9.88 Å². The van der Waals surface area contributed by atoms with Gasteiger partial charge in [0.25, 0.3) is 0 Å². The third kappa shape index (κ3) is 2.95. The van der Waals surface area contributed by atoms with Gasteiger partial charge in [-0.3, -0.25) is 4.79 Å². The average molecular weight is 319 g/mol. The Morgan fingerprint density at radius 3 is 2.43 bits per heavy atom. The lowest BCUT2D eigenvalue weighted by Crippen LogP contribution is -2.48. The molecule has 0 spiro atoms. The molecule has 2 fully saturated rings. The number of nitrogens with zero attached hydrogens (tertiary/aromatic N) is 3. The summed E-state index contributed by atoms with van der Waals surface area (Å²) in [6.07, 6.45) is 2.50. The van der Waals surface area contributed by atoms with E-state index in [1.54, 1.807) is 6.20 Å². The van der Waals surface area contributed by atoms with Crippen LogP contribution in [0.25, 0.3) is 0 Å². The summed E-state index contributed by atoms with van der Waals surface area (Å²) in [6, 6.07) is 3.85. The average Bonchev–Trinajstić information content (AvgIpc) is 3.37. The van der Waals surface area contributed by atoms with Gasteiger partial charge < -0.3 is 19.6 Å². The van der Waals surface area contributed by atoms with Gasteiger partial charge in [0.1, 0.15) is 5.82 Å². The molecule has 1 aromatic rings. The number of aromatic nitrogens is 1. The highest BCUT2D eigenvalue weighted by Gasteiger charge is 2.53. The van der Waals surface area contributed by atoms with Crippen LogP contribution in [0.4, 0.5) is 10.6 Å². The van der Waals surface area contributed by atoms with Gasteiger partial charge in [-0.15, -0.1) is 0 Å². The summed E-state index contributed by atoms with van der Waals surface area (Å²) in [7, 11) is 0. The fourth-order valence-electron chi connectivity index (χ4n) is 2.99. The number of carbonyl (C=O) groups excluding carboxylic acids is 1. The zero-order valence-electron chi connectivity index (χ0n) is 13.2. The molecule has 23 heavy (non-hydrogen) atoms. The van der Waals surface area contributed by atoms with Crippen LogP contribution in [0.15, 0.2) is 18.3 Å². The minimum atomic E-state index is -0.877. The van der Waals surface area contributed by atoms with Crippen molar-refractivity contribution in [2.45, 2.75) is 25.2 Å². The molecule has 1 amide bonds. The van der Waals surface area contributed by atoms with Gasteiger partial charge in [0.15, 0.2) is 0 Å². The number of piperazine rings is 1. The van der Waals surface area contributed by atoms with Crippen LogP contribution < -0.4 is 4.90 Å². The van der Waals surface area contributed by atoms with Crippen molar-refractivity contribution in [1.29, 1.82) is 0 Å². The number of ether oxygens (including phenoxy) is 1. The van der Waals surface area contributed by atoms with E-state index < -0.39 is 11.5 Å². The van der Waals surface area contributed by atoms with Gasteiger partial charge in [0, 0.05) is 32.4 Å². The Labute approximate surface area is 134 Å². The minimum Gasteiger partial charge on any atom is -0.465 e. The number of hydrogen-bond donors (Lipinski definition) is 1. The summed E-state index contributed by atoms with van der Waals surface area (Å²) in [6.45, 7) is 4.41. The van der Waals surface area contributed by atoms with Crippen molar-refractivity contribution >= 4 is 17.9 Å². The fourth-order valence-corrected chi connectivity index (χ4v) is 2.99. The summed E-state index contributed by atoms with van der Waals surface area (Å²) in [4.78, 5) is 31.0. The quantitative estimate of drug-likeness (QED) is 0.846. The fraction of sp³-hybridized carbons (Fsp3) is 0.562. The van der Waals surface area contributed by atoms with Crippen molar-refractivity contribution in [3.8, 4) is 0 Å². The van der Waals surface area contributed by atoms with Crippen LogP contribution in [-0.2, 0) is 14.9 Å². The molecular formula is C16H21N3O4. The molecule has 3 rings (SSSR count). The first-order valence-electron chi connectivity index (χ1n) is 7.93. The van der Waals surface area contributed by atoms with E-state index in [0.29, 0.717) is 32.8 Å². The molecule has 0 unspecified atom stereocenters. The predicted octanol–water partition coefficient (Wildman–Crippen LogP) is 1.48. The van der Waals surface area contributed by atoms with Crippen LogP contribution in [0, 0.1) is 0 Å². The highest BCUT2D eigenvalue weighted by atomic mass is 16.5. The first-order valence-corrected chi connectivity index (χ1v) is 7.93. The molecule has 1 N–H and O–H groups in total. The second-order valence-corrected chi connectivity index (χ2v) is 5.96. The van der Waals surface area contributed by atoms with Crippen molar-refractivity contribution in [2.24, 2.45) is 0 Å². The molecule has 124 valence electrons. The van der Waals surface area contributed by atoms with Gasteiger partial charge in [-0.2, -0.15) is 0 Å². The summed E-state index contributed by atoms with van der Waals surface area (Å²) in [5, 5.41) is 8.97. The molecule has 7 nitrogen and oxygen atoms in total. The minimum absolute atomic E-state index is 0.162. The van der Waals surface area contributed by atoms with E-state index in [-0.39, 0.29) is 5.97 Å². The second-order valence-electron chi connectivity index (χ2n) is 5.96. The Balaban J connectivity index is 1.67. The predicted molar refractivity (Wildman–Crippen MR) is 83.6 cm³/mol. The van der Waals surface area contributed by atoms with Crippen LogP contribution in [-0.4, -0.2) is 59.8 Å².